The lowest BCUT2D eigenvalue weighted by Crippen LogP contribution is -2.26. The fraction of sp³-hybridized carbons (Fsp3) is 0.364. The van der Waals surface area contributed by atoms with Crippen LogP contribution in [0, 0.1) is 0 Å². The van der Waals surface area contributed by atoms with Crippen molar-refractivity contribution in [2.24, 2.45) is 0 Å². The second-order valence-corrected chi connectivity index (χ2v) is 7.26. The Morgan fingerprint density at radius 1 is 1.33 bits per heavy atom. The van der Waals surface area contributed by atoms with E-state index >= 15 is 0 Å². The molecule has 0 radical (unpaired) electrons. The van der Waals surface area contributed by atoms with Crippen molar-refractivity contribution in [3.05, 3.63) is 24.3 Å². The van der Waals surface area contributed by atoms with Crippen molar-refractivity contribution >= 4 is 31.3 Å². The molecule has 1 atom stereocenters. The predicted molar refractivity (Wildman–Crippen MR) is 68.7 cm³/mol. The molecule has 1 aliphatic heterocycles. The van der Waals surface area contributed by atoms with Crippen LogP contribution in [0.3, 0.4) is 0 Å². The zero-order chi connectivity index (χ0) is 15.8. The molecule has 1 amide bonds. The molecule has 0 spiro atoms. The van der Waals surface area contributed by atoms with E-state index in [4.69, 9.17) is 10.7 Å². The highest BCUT2D eigenvalue weighted by Crippen LogP contribution is 2.30. The number of carbonyl (C=O) groups is 1. The Hall–Kier alpha value is -1.48. The zero-order valence-corrected chi connectivity index (χ0v) is 11.9. The second-order valence-electron chi connectivity index (χ2n) is 4.35. The molecule has 1 aromatic carbocycles. The lowest BCUT2D eigenvalue weighted by molar-refractivity contribution is -0.274. The van der Waals surface area contributed by atoms with Crippen molar-refractivity contribution in [1.29, 1.82) is 0 Å². The van der Waals surface area contributed by atoms with Crippen LogP contribution >= 0.6 is 10.7 Å². The number of ether oxygens (including phenoxy) is 1. The van der Waals surface area contributed by atoms with Crippen molar-refractivity contribution in [1.82, 2.24) is 0 Å². The highest BCUT2D eigenvalue weighted by Gasteiger charge is 2.38. The summed E-state index contributed by atoms with van der Waals surface area (Å²) in [6.45, 7) is -0.208. The Kier molecular flexibility index (Phi) is 4.07. The summed E-state index contributed by atoms with van der Waals surface area (Å²) in [4.78, 5) is 12.8. The lowest BCUT2D eigenvalue weighted by Gasteiger charge is -2.17. The molecule has 21 heavy (non-hydrogen) atoms. The molecule has 116 valence electrons. The van der Waals surface area contributed by atoms with E-state index in [-0.39, 0.29) is 18.7 Å². The molecule has 10 heteroatoms. The maximum absolute atomic E-state index is 12.1. The van der Waals surface area contributed by atoms with Crippen LogP contribution in [0.1, 0.15) is 6.42 Å². The first-order chi connectivity index (χ1) is 9.56. The molecule has 0 saturated carbocycles. The minimum Gasteiger partial charge on any atom is -0.406 e. The Labute approximate surface area is 122 Å². The van der Waals surface area contributed by atoms with Gasteiger partial charge in [0.1, 0.15) is 11.0 Å². The molecule has 1 saturated heterocycles. The molecular weight excluding hydrogens is 335 g/mol. The first kappa shape index (κ1) is 15.9. The number of amides is 1. The van der Waals surface area contributed by atoms with Gasteiger partial charge >= 0.3 is 6.36 Å². The molecule has 0 aromatic heterocycles. The molecule has 0 N–H and O–H groups in total. The summed E-state index contributed by atoms with van der Waals surface area (Å²) in [5.74, 6) is -1.03. The smallest absolute Gasteiger partial charge is 0.406 e. The highest BCUT2D eigenvalue weighted by atomic mass is 35.7. The van der Waals surface area contributed by atoms with E-state index in [1.54, 1.807) is 0 Å². The Morgan fingerprint density at radius 2 is 2.00 bits per heavy atom. The molecule has 0 bridgehead atoms. The highest BCUT2D eigenvalue weighted by molar-refractivity contribution is 8.14. The SMILES string of the molecule is O=C1CC(S(=O)(=O)Cl)CN1c1cccc(OC(F)(F)F)c1. The summed E-state index contributed by atoms with van der Waals surface area (Å²) in [6, 6.07) is 4.73. The molecule has 2 rings (SSSR count). The average Bonchev–Trinajstić information content (AvgIpc) is 2.69. The fourth-order valence-electron chi connectivity index (χ4n) is 1.96. The minimum atomic E-state index is -4.85. The number of nitrogens with zero attached hydrogens (tertiary/aromatic N) is 1. The van der Waals surface area contributed by atoms with Gasteiger partial charge in [0, 0.05) is 35.4 Å². The summed E-state index contributed by atoms with van der Waals surface area (Å²) in [5.41, 5.74) is 0.115. The topological polar surface area (TPSA) is 63.7 Å². The van der Waals surface area contributed by atoms with Gasteiger partial charge in [0.15, 0.2) is 0 Å². The number of halogens is 4. The van der Waals surface area contributed by atoms with Crippen molar-refractivity contribution in [2.45, 2.75) is 18.0 Å². The van der Waals surface area contributed by atoms with Gasteiger partial charge in [-0.1, -0.05) is 6.07 Å². The summed E-state index contributed by atoms with van der Waals surface area (Å²) >= 11 is 0. The number of benzene rings is 1. The molecule has 1 aliphatic rings. The summed E-state index contributed by atoms with van der Waals surface area (Å²) < 4.78 is 62.6. The van der Waals surface area contributed by atoms with E-state index in [1.807, 2.05) is 0 Å². The number of carbonyl (C=O) groups excluding carboxylic acids is 1. The van der Waals surface area contributed by atoms with Crippen molar-refractivity contribution in [3.8, 4) is 5.75 Å². The van der Waals surface area contributed by atoms with Crippen molar-refractivity contribution in [2.75, 3.05) is 11.4 Å². The first-order valence-corrected chi connectivity index (χ1v) is 8.03. The fourth-order valence-corrected chi connectivity index (χ4v) is 2.99. The van der Waals surface area contributed by atoms with Crippen molar-refractivity contribution in [3.63, 3.8) is 0 Å². The van der Waals surface area contributed by atoms with Crippen LogP contribution in [0.25, 0.3) is 0 Å². The third kappa shape index (κ3) is 4.01. The first-order valence-electron chi connectivity index (χ1n) is 5.66. The van der Waals surface area contributed by atoms with Crippen LogP contribution < -0.4 is 9.64 Å². The predicted octanol–water partition coefficient (Wildman–Crippen LogP) is 2.26. The van der Waals surface area contributed by atoms with Gasteiger partial charge < -0.3 is 9.64 Å². The Morgan fingerprint density at radius 3 is 2.52 bits per heavy atom. The van der Waals surface area contributed by atoms with E-state index in [9.17, 15) is 26.4 Å². The number of rotatable bonds is 3. The Bertz CT molecular complexity index is 662. The van der Waals surface area contributed by atoms with Gasteiger partial charge in [-0.2, -0.15) is 0 Å². The van der Waals surface area contributed by atoms with E-state index in [0.717, 1.165) is 17.0 Å². The minimum absolute atomic E-state index is 0.115. The van der Waals surface area contributed by atoms with Gasteiger partial charge in [-0.25, -0.2) is 8.42 Å². The molecule has 1 fully saturated rings. The normalized spacial score (nSPS) is 19.9. The van der Waals surface area contributed by atoms with Crippen LogP contribution in [-0.2, 0) is 13.8 Å². The number of alkyl halides is 3. The average molecular weight is 344 g/mol. The third-order valence-corrected chi connectivity index (χ3v) is 4.72. The van der Waals surface area contributed by atoms with E-state index < -0.39 is 32.3 Å². The number of hydrogen-bond acceptors (Lipinski definition) is 4. The van der Waals surface area contributed by atoms with Gasteiger partial charge in [-0.05, 0) is 12.1 Å². The summed E-state index contributed by atoms with van der Waals surface area (Å²) in [5, 5.41) is -1.08. The van der Waals surface area contributed by atoms with E-state index in [2.05, 4.69) is 4.74 Å². The molecule has 1 unspecified atom stereocenters. The van der Waals surface area contributed by atoms with Crippen LogP contribution in [0.5, 0.6) is 5.75 Å². The maximum atomic E-state index is 12.1. The summed E-state index contributed by atoms with van der Waals surface area (Å²) in [7, 11) is 1.28. The maximum Gasteiger partial charge on any atom is 0.573 e. The molecular formula is C11H9ClF3NO4S. The van der Waals surface area contributed by atoms with Gasteiger partial charge in [-0.3, -0.25) is 4.79 Å². The van der Waals surface area contributed by atoms with Crippen LogP contribution in [0.2, 0.25) is 0 Å². The van der Waals surface area contributed by atoms with Gasteiger partial charge in [0.2, 0.25) is 15.0 Å². The number of hydrogen-bond donors (Lipinski definition) is 0. The largest absolute Gasteiger partial charge is 0.573 e. The molecule has 0 aliphatic carbocycles. The van der Waals surface area contributed by atoms with Crippen LogP contribution in [0.15, 0.2) is 24.3 Å². The second kappa shape index (κ2) is 5.38. The van der Waals surface area contributed by atoms with Gasteiger partial charge in [0.25, 0.3) is 0 Å². The standard InChI is InChI=1S/C11H9ClF3NO4S/c12-21(18,19)9-5-10(17)16(6-9)7-2-1-3-8(4-7)20-11(13,14)15/h1-4,9H,5-6H2. The third-order valence-electron chi connectivity index (χ3n) is 2.85. The lowest BCUT2D eigenvalue weighted by atomic mass is 10.3. The molecule has 1 heterocycles. The zero-order valence-electron chi connectivity index (χ0n) is 10.3. The molecule has 5 nitrogen and oxygen atoms in total. The monoisotopic (exact) mass is 343 g/mol. The quantitative estimate of drug-likeness (QED) is 0.790. The Balaban J connectivity index is 2.23. The van der Waals surface area contributed by atoms with Gasteiger partial charge in [-0.15, -0.1) is 13.2 Å². The van der Waals surface area contributed by atoms with Crippen LogP contribution in [-0.4, -0.2) is 32.5 Å². The number of anilines is 1. The summed E-state index contributed by atoms with van der Waals surface area (Å²) in [6.07, 6.45) is -5.16. The van der Waals surface area contributed by atoms with E-state index in [1.165, 1.54) is 12.1 Å². The van der Waals surface area contributed by atoms with E-state index in [0.29, 0.717) is 0 Å². The molecule has 1 aromatic rings. The van der Waals surface area contributed by atoms with Crippen molar-refractivity contribution < 1.29 is 31.1 Å². The van der Waals surface area contributed by atoms with Gasteiger partial charge in [0.05, 0.1) is 0 Å². The van der Waals surface area contributed by atoms with Crippen LogP contribution in [0.4, 0.5) is 18.9 Å².